The van der Waals surface area contributed by atoms with Crippen molar-refractivity contribution in [2.45, 2.75) is 25.8 Å². The third-order valence-electron chi connectivity index (χ3n) is 3.22. The Kier molecular flexibility index (Phi) is 2.79. The van der Waals surface area contributed by atoms with E-state index in [1.54, 1.807) is 0 Å². The average Bonchev–Trinajstić information content (AvgIpc) is 2.60. The van der Waals surface area contributed by atoms with Gasteiger partial charge in [0.05, 0.1) is 6.54 Å². The summed E-state index contributed by atoms with van der Waals surface area (Å²) in [6.45, 7) is 2.89. The van der Waals surface area contributed by atoms with Crippen LogP contribution in [0.5, 0.6) is 0 Å². The van der Waals surface area contributed by atoms with Gasteiger partial charge < -0.3 is 0 Å². The Balaban J connectivity index is 2.25. The van der Waals surface area contributed by atoms with Gasteiger partial charge in [0.15, 0.2) is 0 Å². The fraction of sp³-hybridized carbons (Fsp3) is 0.429. The lowest BCUT2D eigenvalue weighted by atomic mass is 10.0. The number of benzene rings is 1. The molecule has 0 bridgehead atoms. The minimum Gasteiger partial charge on any atom is -0.288 e. The van der Waals surface area contributed by atoms with E-state index in [0.29, 0.717) is 6.04 Å². The van der Waals surface area contributed by atoms with Crippen molar-refractivity contribution in [1.82, 2.24) is 4.90 Å². The molecule has 78 valence electrons. The van der Waals surface area contributed by atoms with E-state index in [1.807, 2.05) is 0 Å². The summed E-state index contributed by atoms with van der Waals surface area (Å²) in [7, 11) is 2.11. The first kappa shape index (κ1) is 10.3. The van der Waals surface area contributed by atoms with E-state index in [1.165, 1.54) is 29.5 Å². The van der Waals surface area contributed by atoms with Crippen molar-refractivity contribution in [2.24, 2.45) is 0 Å². The summed E-state index contributed by atoms with van der Waals surface area (Å²) >= 11 is 0. The number of rotatable bonds is 2. The molecule has 1 nitrogen and oxygen atoms in total. The molecule has 0 radical (unpaired) electrons. The second-order valence-corrected chi connectivity index (χ2v) is 4.38. The normalized spacial score (nSPS) is 18.9. The molecule has 0 fully saturated rings. The zero-order valence-electron chi connectivity index (χ0n) is 9.46. The maximum atomic E-state index is 5.35. The molecule has 1 aromatic carbocycles. The second kappa shape index (κ2) is 4.08. The van der Waals surface area contributed by atoms with Crippen LogP contribution in [-0.4, -0.2) is 18.5 Å². The predicted octanol–water partition coefficient (Wildman–Crippen LogP) is 2.55. The van der Waals surface area contributed by atoms with E-state index in [-0.39, 0.29) is 0 Å². The molecule has 0 aromatic heterocycles. The summed E-state index contributed by atoms with van der Waals surface area (Å²) in [5.74, 6) is 2.71. The number of terminal acetylenes is 1. The Morgan fingerprint density at radius 1 is 1.53 bits per heavy atom. The number of fused-ring (bicyclic) bond motifs is 1. The topological polar surface area (TPSA) is 3.24 Å². The molecule has 1 aromatic rings. The maximum Gasteiger partial charge on any atom is 0.0601 e. The van der Waals surface area contributed by atoms with Gasteiger partial charge in [0, 0.05) is 6.04 Å². The number of hydrogen-bond donors (Lipinski definition) is 0. The molecule has 1 aliphatic carbocycles. The van der Waals surface area contributed by atoms with Crippen LogP contribution in [0.2, 0.25) is 0 Å². The zero-order valence-corrected chi connectivity index (χ0v) is 9.46. The van der Waals surface area contributed by atoms with Gasteiger partial charge in [-0.15, -0.1) is 6.42 Å². The Labute approximate surface area is 92.1 Å². The van der Waals surface area contributed by atoms with E-state index < -0.39 is 0 Å². The molecule has 0 heterocycles. The minimum absolute atomic E-state index is 0.525. The van der Waals surface area contributed by atoms with Crippen molar-refractivity contribution in [1.29, 1.82) is 0 Å². The van der Waals surface area contributed by atoms with E-state index in [0.717, 1.165) is 6.54 Å². The molecular formula is C14H17N. The zero-order chi connectivity index (χ0) is 10.8. The van der Waals surface area contributed by atoms with Gasteiger partial charge in [-0.1, -0.05) is 29.7 Å². The maximum absolute atomic E-state index is 5.35. The van der Waals surface area contributed by atoms with E-state index >= 15 is 0 Å². The largest absolute Gasteiger partial charge is 0.288 e. The van der Waals surface area contributed by atoms with Crippen LogP contribution in [-0.2, 0) is 6.42 Å². The molecule has 2 rings (SSSR count). The highest BCUT2D eigenvalue weighted by atomic mass is 15.1. The van der Waals surface area contributed by atoms with Crippen LogP contribution < -0.4 is 0 Å². The fourth-order valence-corrected chi connectivity index (χ4v) is 2.44. The van der Waals surface area contributed by atoms with Crippen molar-refractivity contribution in [2.75, 3.05) is 13.6 Å². The molecule has 0 spiro atoms. The lowest BCUT2D eigenvalue weighted by molar-refractivity contribution is 0.274. The van der Waals surface area contributed by atoms with E-state index in [9.17, 15) is 0 Å². The molecule has 0 amide bonds. The molecule has 0 aliphatic heterocycles. The van der Waals surface area contributed by atoms with Gasteiger partial charge in [-0.05, 0) is 37.9 Å². The van der Waals surface area contributed by atoms with Crippen LogP contribution in [0.1, 0.15) is 29.2 Å². The molecular weight excluding hydrogens is 182 g/mol. The average molecular weight is 199 g/mol. The van der Waals surface area contributed by atoms with Crippen molar-refractivity contribution < 1.29 is 0 Å². The van der Waals surface area contributed by atoms with Crippen LogP contribution in [0, 0.1) is 19.3 Å². The summed E-state index contributed by atoms with van der Waals surface area (Å²) in [5, 5.41) is 0. The molecule has 0 N–H and O–H groups in total. The minimum atomic E-state index is 0.525. The van der Waals surface area contributed by atoms with Gasteiger partial charge in [0.25, 0.3) is 0 Å². The molecule has 15 heavy (non-hydrogen) atoms. The smallest absolute Gasteiger partial charge is 0.0601 e. The summed E-state index contributed by atoms with van der Waals surface area (Å²) in [6.07, 6.45) is 7.75. The van der Waals surface area contributed by atoms with Crippen molar-refractivity contribution in [3.63, 3.8) is 0 Å². The lowest BCUT2D eigenvalue weighted by Gasteiger charge is -2.22. The Hall–Kier alpha value is -1.26. The SMILES string of the molecule is C#CCN(C)C1CCc2cc(C)ccc21. The summed E-state index contributed by atoms with van der Waals surface area (Å²) in [4.78, 5) is 2.27. The Morgan fingerprint density at radius 3 is 3.07 bits per heavy atom. The highest BCUT2D eigenvalue weighted by molar-refractivity contribution is 5.37. The molecule has 1 atom stereocenters. The summed E-state index contributed by atoms with van der Waals surface area (Å²) in [5.41, 5.74) is 4.33. The highest BCUT2D eigenvalue weighted by Gasteiger charge is 2.24. The van der Waals surface area contributed by atoms with Crippen molar-refractivity contribution in [3.05, 3.63) is 34.9 Å². The van der Waals surface area contributed by atoms with E-state index in [2.05, 4.69) is 43.0 Å². The Morgan fingerprint density at radius 2 is 2.33 bits per heavy atom. The van der Waals surface area contributed by atoms with Gasteiger partial charge in [0.2, 0.25) is 0 Å². The quantitative estimate of drug-likeness (QED) is 0.662. The molecule has 1 heteroatoms. The first-order valence-electron chi connectivity index (χ1n) is 5.45. The molecule has 0 saturated heterocycles. The summed E-state index contributed by atoms with van der Waals surface area (Å²) in [6, 6.07) is 7.28. The first-order valence-corrected chi connectivity index (χ1v) is 5.45. The molecule has 0 saturated carbocycles. The van der Waals surface area contributed by atoms with Gasteiger partial charge in [-0.3, -0.25) is 4.90 Å². The van der Waals surface area contributed by atoms with Gasteiger partial charge >= 0.3 is 0 Å². The van der Waals surface area contributed by atoms with Crippen LogP contribution >= 0.6 is 0 Å². The third-order valence-corrected chi connectivity index (χ3v) is 3.22. The monoisotopic (exact) mass is 199 g/mol. The third kappa shape index (κ3) is 1.91. The highest BCUT2D eigenvalue weighted by Crippen LogP contribution is 2.35. The number of hydrogen-bond acceptors (Lipinski definition) is 1. The van der Waals surface area contributed by atoms with Gasteiger partial charge in [0.1, 0.15) is 0 Å². The van der Waals surface area contributed by atoms with E-state index in [4.69, 9.17) is 6.42 Å². The van der Waals surface area contributed by atoms with Crippen LogP contribution in [0.15, 0.2) is 18.2 Å². The predicted molar refractivity (Wildman–Crippen MR) is 63.7 cm³/mol. The molecule has 1 unspecified atom stereocenters. The van der Waals surface area contributed by atoms with Crippen LogP contribution in [0.4, 0.5) is 0 Å². The van der Waals surface area contributed by atoms with Gasteiger partial charge in [-0.2, -0.15) is 0 Å². The Bertz CT molecular complexity index is 400. The fourth-order valence-electron chi connectivity index (χ4n) is 2.44. The first-order chi connectivity index (χ1) is 7.22. The summed E-state index contributed by atoms with van der Waals surface area (Å²) < 4.78 is 0. The standard InChI is InChI=1S/C14H17N/c1-4-9-15(3)14-8-6-12-10-11(2)5-7-13(12)14/h1,5,7,10,14H,6,8-9H2,2-3H3. The van der Waals surface area contributed by atoms with Gasteiger partial charge in [-0.25, -0.2) is 0 Å². The van der Waals surface area contributed by atoms with Crippen LogP contribution in [0.25, 0.3) is 0 Å². The number of aryl methyl sites for hydroxylation is 2. The number of nitrogens with zero attached hydrogens (tertiary/aromatic N) is 1. The second-order valence-electron chi connectivity index (χ2n) is 4.38. The van der Waals surface area contributed by atoms with Crippen molar-refractivity contribution >= 4 is 0 Å². The molecule has 1 aliphatic rings. The van der Waals surface area contributed by atoms with Crippen LogP contribution in [0.3, 0.4) is 0 Å². The van der Waals surface area contributed by atoms with Crippen molar-refractivity contribution in [3.8, 4) is 12.3 Å². The lowest BCUT2D eigenvalue weighted by Crippen LogP contribution is -2.23.